The van der Waals surface area contributed by atoms with Crippen molar-refractivity contribution in [2.45, 2.75) is 154 Å². The van der Waals surface area contributed by atoms with Crippen LogP contribution in [0, 0.1) is 11.8 Å². The zero-order valence-corrected chi connectivity index (χ0v) is 32.6. The second-order valence-corrected chi connectivity index (χ2v) is 30.9. The molecule has 2 aliphatic rings. The average Bonchev–Trinajstić information content (AvgIpc) is 3.38. The lowest BCUT2D eigenvalue weighted by Gasteiger charge is -2.44. The van der Waals surface area contributed by atoms with E-state index in [0.29, 0.717) is 18.1 Å². The number of nitrogens with zero attached hydrogens (tertiary/aromatic N) is 4. The van der Waals surface area contributed by atoms with E-state index in [1.807, 2.05) is 4.57 Å². The molecule has 0 spiro atoms. The Morgan fingerprint density at radius 2 is 1.37 bits per heavy atom. The van der Waals surface area contributed by atoms with Crippen molar-refractivity contribution in [1.82, 2.24) is 14.6 Å². The van der Waals surface area contributed by atoms with E-state index < -0.39 is 43.3 Å². The Morgan fingerprint density at radius 1 is 0.860 bits per heavy atom. The van der Waals surface area contributed by atoms with Gasteiger partial charge in [0.25, 0.3) is 0 Å². The van der Waals surface area contributed by atoms with Crippen LogP contribution in [0.2, 0.25) is 54.4 Å². The third kappa shape index (κ3) is 7.41. The van der Waals surface area contributed by atoms with Crippen LogP contribution in [0.3, 0.4) is 0 Å². The Morgan fingerprint density at radius 3 is 1.86 bits per heavy atom. The van der Waals surface area contributed by atoms with Gasteiger partial charge in [-0.1, -0.05) is 68.2 Å². The third-order valence-electron chi connectivity index (χ3n) is 10.3. The van der Waals surface area contributed by atoms with Crippen LogP contribution in [0.15, 0.2) is 11.3 Å². The van der Waals surface area contributed by atoms with Gasteiger partial charge in [0, 0.05) is 0 Å². The molecule has 0 aromatic carbocycles. The van der Waals surface area contributed by atoms with Gasteiger partial charge < -0.3 is 18.0 Å². The van der Waals surface area contributed by atoms with E-state index in [4.69, 9.17) is 18.0 Å². The average molecular weight is 651 g/mol. The maximum Gasteiger partial charge on any atom is 0.192 e. The van der Waals surface area contributed by atoms with Crippen LogP contribution in [0.4, 0.5) is 5.82 Å². The summed E-state index contributed by atoms with van der Waals surface area (Å²) in [6.07, 6.45) is 1.45. The van der Waals surface area contributed by atoms with Gasteiger partial charge in [-0.2, -0.15) is 0 Å². The van der Waals surface area contributed by atoms with Gasteiger partial charge in [-0.05, 0) is 61.3 Å². The van der Waals surface area contributed by atoms with Crippen molar-refractivity contribution in [3.63, 3.8) is 0 Å². The van der Waals surface area contributed by atoms with Crippen molar-refractivity contribution in [3.05, 3.63) is 12.0 Å². The van der Waals surface area contributed by atoms with E-state index in [9.17, 15) is 5.21 Å². The molecular weight excluding hydrogens is 593 g/mol. The summed E-state index contributed by atoms with van der Waals surface area (Å²) in [5.41, 5.74) is 0.580. The largest absolute Gasteiger partial charge is 0.414 e. The minimum Gasteiger partial charge on any atom is -0.414 e. The molecule has 1 unspecified atom stereocenters. The zero-order chi connectivity index (χ0) is 33.0. The van der Waals surface area contributed by atoms with Crippen LogP contribution in [-0.4, -0.2) is 76.0 Å². The van der Waals surface area contributed by atoms with E-state index in [-0.39, 0.29) is 27.3 Å². The van der Waals surface area contributed by atoms with Crippen molar-refractivity contribution in [1.29, 1.82) is 0 Å². The van der Waals surface area contributed by atoms with Crippen LogP contribution in [-0.2, 0) is 18.0 Å². The molecule has 9 nitrogen and oxygen atoms in total. The first-order chi connectivity index (χ1) is 19.3. The summed E-state index contributed by atoms with van der Waals surface area (Å²) in [4.78, 5) is 9.25. The fourth-order valence-corrected chi connectivity index (χ4v) is 7.95. The summed E-state index contributed by atoms with van der Waals surface area (Å²) >= 11 is 0. The quantitative estimate of drug-likeness (QED) is 0.225. The predicted octanol–water partition coefficient (Wildman–Crippen LogP) is 8.01. The molecule has 1 fully saturated rings. The van der Waals surface area contributed by atoms with Crippen LogP contribution in [0.25, 0.3) is 0 Å². The van der Waals surface area contributed by atoms with Gasteiger partial charge in [-0.3, -0.25) is 9.77 Å². The second kappa shape index (κ2) is 12.1. The Hall–Kier alpha value is -1.31. The molecule has 3 rings (SSSR count). The highest BCUT2D eigenvalue weighted by Crippen LogP contribution is 2.48. The molecule has 0 aliphatic carbocycles. The summed E-state index contributed by atoms with van der Waals surface area (Å²) in [6, 6.07) is -0.614. The van der Waals surface area contributed by atoms with Crippen molar-refractivity contribution < 1.29 is 23.2 Å². The molecule has 1 aromatic rings. The molecule has 0 bridgehead atoms. The van der Waals surface area contributed by atoms with Gasteiger partial charge >= 0.3 is 0 Å². The van der Waals surface area contributed by atoms with Gasteiger partial charge in [0.15, 0.2) is 43.0 Å². The number of imidazole rings is 1. The van der Waals surface area contributed by atoms with E-state index in [0.717, 1.165) is 5.06 Å². The van der Waals surface area contributed by atoms with Gasteiger partial charge in [0.2, 0.25) is 0 Å². The molecule has 3 heterocycles. The molecular formula is C31H58N4O5Si3. The highest BCUT2D eigenvalue weighted by atomic mass is 28.4. The fraction of sp³-hybridized carbons (Fsp3) is 0.806. The number of hydrogen-bond donors (Lipinski definition) is 1. The van der Waals surface area contributed by atoms with E-state index in [1.54, 1.807) is 13.3 Å². The van der Waals surface area contributed by atoms with Gasteiger partial charge in [-0.15, -0.1) is 5.92 Å². The van der Waals surface area contributed by atoms with Gasteiger partial charge in [0.05, 0.1) is 12.9 Å². The number of rotatable bonds is 8. The standard InChI is InChI=1S/C31H58N4O5Si3/c1-17-18-22-24-27(33-21-35(22)36)34(20-32-24)28-26(40-43(15,16)31(8,9)10)25(39-42(13,14)30(5,6)7)23(38-28)19-37-41(11,12)29(2,3)4/h20-23,25-26,28,36H,19H2,1-16H3/t22?,23-,25-,26-,28-/m1/s1. The first kappa shape index (κ1) is 36.2. The molecule has 1 aromatic heterocycles. The summed E-state index contributed by atoms with van der Waals surface area (Å²) in [5.74, 6) is 6.54. The fourth-order valence-electron chi connectivity index (χ4n) is 4.33. The number of fused-ring (bicyclic) bond motifs is 1. The number of hydroxylamine groups is 2. The summed E-state index contributed by atoms with van der Waals surface area (Å²) in [6.45, 7) is 36.1. The van der Waals surface area contributed by atoms with E-state index in [1.165, 1.54) is 6.34 Å². The summed E-state index contributed by atoms with van der Waals surface area (Å²) in [7, 11) is -6.64. The van der Waals surface area contributed by atoms with Crippen molar-refractivity contribution in [2.24, 2.45) is 4.99 Å². The second-order valence-electron chi connectivity index (χ2n) is 16.6. The van der Waals surface area contributed by atoms with Crippen molar-refractivity contribution >= 4 is 37.1 Å². The molecule has 1 N–H and O–H groups in total. The SMILES string of the molecule is CC#CC1c2ncn([C@@H]3O[C@H](CO[Si](C)(C)C(C)(C)C)[C@@H](O[Si](C)(C)C(C)(C)C)[C@H]3O[Si](C)(C)C(C)(C)C)c2N=CN1O. The molecule has 0 saturated carbocycles. The maximum atomic E-state index is 10.5. The van der Waals surface area contributed by atoms with Gasteiger partial charge in [0.1, 0.15) is 30.3 Å². The molecule has 12 heteroatoms. The van der Waals surface area contributed by atoms with E-state index in [2.05, 4.69) is 123 Å². The molecule has 0 radical (unpaired) electrons. The lowest BCUT2D eigenvalue weighted by Crippen LogP contribution is -2.54. The topological polar surface area (TPSA) is 90.6 Å². The highest BCUT2D eigenvalue weighted by Gasteiger charge is 2.55. The number of aliphatic imine (C=N–C) groups is 1. The normalized spacial score (nSPS) is 25.5. The van der Waals surface area contributed by atoms with Crippen LogP contribution >= 0.6 is 0 Å². The van der Waals surface area contributed by atoms with Crippen molar-refractivity contribution in [3.8, 4) is 11.8 Å². The molecule has 2 aliphatic heterocycles. The summed E-state index contributed by atoms with van der Waals surface area (Å²) < 4.78 is 30.2. The highest BCUT2D eigenvalue weighted by molar-refractivity contribution is 6.75. The minimum absolute atomic E-state index is 0.00740. The first-order valence-corrected chi connectivity index (χ1v) is 24.2. The van der Waals surface area contributed by atoms with Crippen LogP contribution < -0.4 is 0 Å². The summed E-state index contributed by atoms with van der Waals surface area (Å²) in [5, 5.41) is 11.5. The first-order valence-electron chi connectivity index (χ1n) is 15.5. The number of hydrogen-bond acceptors (Lipinski definition) is 8. The van der Waals surface area contributed by atoms with Crippen molar-refractivity contribution in [2.75, 3.05) is 6.61 Å². The lowest BCUT2D eigenvalue weighted by atomic mass is 10.1. The predicted molar refractivity (Wildman–Crippen MR) is 181 cm³/mol. The lowest BCUT2D eigenvalue weighted by molar-refractivity contribution is -0.0489. The monoisotopic (exact) mass is 650 g/mol. The Balaban J connectivity index is 2.17. The molecule has 43 heavy (non-hydrogen) atoms. The smallest absolute Gasteiger partial charge is 0.192 e. The van der Waals surface area contributed by atoms with E-state index >= 15 is 0 Å². The Kier molecular flexibility index (Phi) is 10.2. The van der Waals surface area contributed by atoms with Crippen LogP contribution in [0.5, 0.6) is 0 Å². The van der Waals surface area contributed by atoms with Gasteiger partial charge in [-0.25, -0.2) is 15.0 Å². The molecule has 244 valence electrons. The minimum atomic E-state index is -2.30. The molecule has 0 amide bonds. The Bertz CT molecular complexity index is 1230. The number of ether oxygens (including phenoxy) is 1. The Labute approximate surface area is 264 Å². The zero-order valence-electron chi connectivity index (χ0n) is 29.6. The molecule has 5 atom stereocenters. The van der Waals surface area contributed by atoms with Crippen LogP contribution in [0.1, 0.15) is 87.2 Å². The third-order valence-corrected chi connectivity index (χ3v) is 23.8. The number of aromatic nitrogens is 2. The maximum absolute atomic E-state index is 10.5. The molecule has 1 saturated heterocycles.